The number of rotatable bonds is 6. The number of aromatic nitrogens is 2. The van der Waals surface area contributed by atoms with Crippen LogP contribution in [0.3, 0.4) is 0 Å². The lowest BCUT2D eigenvalue weighted by atomic mass is 9.82. The lowest BCUT2D eigenvalue weighted by Gasteiger charge is -2.28. The van der Waals surface area contributed by atoms with Crippen LogP contribution >= 0.6 is 11.8 Å². The third-order valence-electron chi connectivity index (χ3n) is 4.63. The second-order valence-electron chi connectivity index (χ2n) is 6.43. The molecule has 1 atom stereocenters. The Morgan fingerprint density at radius 1 is 1.20 bits per heavy atom. The monoisotopic (exact) mass is 427 g/mol. The molecular formula is C21H21N3O5S. The van der Waals surface area contributed by atoms with Crippen LogP contribution in [-0.4, -0.2) is 41.9 Å². The van der Waals surface area contributed by atoms with Gasteiger partial charge in [-0.05, 0) is 24.6 Å². The summed E-state index contributed by atoms with van der Waals surface area (Å²) >= 11 is 1.34. The number of esters is 2. The molecule has 3 rings (SSSR count). The maximum Gasteiger partial charge on any atom is 0.337 e. The Bertz CT molecular complexity index is 1090. The van der Waals surface area contributed by atoms with Crippen molar-refractivity contribution in [2.24, 2.45) is 0 Å². The van der Waals surface area contributed by atoms with Crippen LogP contribution in [-0.2, 0) is 14.3 Å². The second kappa shape index (κ2) is 9.00. The molecule has 0 saturated carbocycles. The van der Waals surface area contributed by atoms with E-state index in [9.17, 15) is 14.4 Å². The van der Waals surface area contributed by atoms with E-state index in [-0.39, 0.29) is 5.56 Å². The maximum atomic E-state index is 13.0. The standard InChI is InChI=1S/C21H21N3O5S/c1-5-10-30-21-23-17-16(18(25)24-21)15(14(11(2)22-17)20(27)29-4)12-6-8-13(9-7-12)19(26)28-3/h5-9,15H,1,10H2,2-4H3,(H2,22,23,24,25)/t15-/m1/s1. The molecule has 2 heterocycles. The van der Waals surface area contributed by atoms with E-state index in [2.05, 4.69) is 21.9 Å². The fourth-order valence-electron chi connectivity index (χ4n) is 3.28. The van der Waals surface area contributed by atoms with Gasteiger partial charge in [-0.3, -0.25) is 4.79 Å². The lowest BCUT2D eigenvalue weighted by Crippen LogP contribution is -2.31. The van der Waals surface area contributed by atoms with E-state index in [1.54, 1.807) is 37.3 Å². The summed E-state index contributed by atoms with van der Waals surface area (Å²) in [4.78, 5) is 44.6. The van der Waals surface area contributed by atoms with E-state index < -0.39 is 17.9 Å². The molecule has 156 valence electrons. The molecule has 0 bridgehead atoms. The molecular weight excluding hydrogens is 406 g/mol. The van der Waals surface area contributed by atoms with Crippen LogP contribution in [0.15, 0.2) is 58.1 Å². The van der Waals surface area contributed by atoms with Crippen molar-refractivity contribution in [3.05, 3.63) is 75.2 Å². The molecule has 0 unspecified atom stereocenters. The van der Waals surface area contributed by atoms with Crippen LogP contribution in [0.1, 0.15) is 34.3 Å². The van der Waals surface area contributed by atoms with Gasteiger partial charge in [0.05, 0.1) is 36.8 Å². The van der Waals surface area contributed by atoms with Gasteiger partial charge in [0.2, 0.25) is 0 Å². The number of nitrogens with zero attached hydrogens (tertiary/aromatic N) is 1. The Morgan fingerprint density at radius 2 is 1.87 bits per heavy atom. The van der Waals surface area contributed by atoms with E-state index in [0.717, 1.165) is 0 Å². The van der Waals surface area contributed by atoms with E-state index in [4.69, 9.17) is 9.47 Å². The summed E-state index contributed by atoms with van der Waals surface area (Å²) in [6.07, 6.45) is 1.71. The van der Waals surface area contributed by atoms with Crippen molar-refractivity contribution < 1.29 is 19.1 Å². The maximum absolute atomic E-state index is 13.0. The third kappa shape index (κ3) is 4.02. The summed E-state index contributed by atoms with van der Waals surface area (Å²) in [5.74, 6) is -0.789. The fourth-order valence-corrected chi connectivity index (χ4v) is 3.88. The minimum absolute atomic E-state index is 0.301. The summed E-state index contributed by atoms with van der Waals surface area (Å²) < 4.78 is 9.69. The summed E-state index contributed by atoms with van der Waals surface area (Å²) in [5, 5.41) is 3.50. The zero-order valence-corrected chi connectivity index (χ0v) is 17.6. The molecule has 8 nitrogen and oxygen atoms in total. The molecule has 1 aliphatic rings. The number of methoxy groups -OCH3 is 2. The number of allylic oxidation sites excluding steroid dienone is 1. The first-order valence-corrected chi connectivity index (χ1v) is 10.0. The predicted molar refractivity (Wildman–Crippen MR) is 114 cm³/mol. The molecule has 0 amide bonds. The highest BCUT2D eigenvalue weighted by Gasteiger charge is 2.36. The van der Waals surface area contributed by atoms with Gasteiger partial charge in [0.1, 0.15) is 5.82 Å². The lowest BCUT2D eigenvalue weighted by molar-refractivity contribution is -0.136. The molecule has 2 aromatic rings. The van der Waals surface area contributed by atoms with Crippen LogP contribution in [0, 0.1) is 0 Å². The zero-order chi connectivity index (χ0) is 21.8. The van der Waals surface area contributed by atoms with Gasteiger partial charge in [0, 0.05) is 11.4 Å². The fraction of sp³-hybridized carbons (Fsp3) is 0.238. The first kappa shape index (κ1) is 21.4. The number of H-pyrrole nitrogens is 1. The number of nitrogens with one attached hydrogen (secondary N) is 2. The van der Waals surface area contributed by atoms with Crippen molar-refractivity contribution in [1.82, 2.24) is 9.97 Å². The highest BCUT2D eigenvalue weighted by atomic mass is 32.2. The van der Waals surface area contributed by atoms with E-state index >= 15 is 0 Å². The second-order valence-corrected chi connectivity index (χ2v) is 7.44. The van der Waals surface area contributed by atoms with E-state index in [0.29, 0.717) is 44.7 Å². The number of carbonyl (C=O) groups is 2. The number of hydrogen-bond acceptors (Lipinski definition) is 8. The van der Waals surface area contributed by atoms with Gasteiger partial charge in [-0.15, -0.1) is 6.58 Å². The molecule has 0 radical (unpaired) electrons. The van der Waals surface area contributed by atoms with Crippen LogP contribution in [0.2, 0.25) is 0 Å². The number of anilines is 1. The van der Waals surface area contributed by atoms with Crippen molar-refractivity contribution in [2.75, 3.05) is 25.3 Å². The summed E-state index contributed by atoms with van der Waals surface area (Å²) in [5.41, 5.74) is 1.77. The first-order chi connectivity index (χ1) is 14.4. The van der Waals surface area contributed by atoms with Crippen LogP contribution in [0.5, 0.6) is 0 Å². The van der Waals surface area contributed by atoms with Gasteiger partial charge in [0.25, 0.3) is 5.56 Å². The van der Waals surface area contributed by atoms with Crippen LogP contribution in [0.4, 0.5) is 5.82 Å². The van der Waals surface area contributed by atoms with Crippen molar-refractivity contribution in [3.63, 3.8) is 0 Å². The summed E-state index contributed by atoms with van der Waals surface area (Å²) in [6.45, 7) is 5.39. The van der Waals surface area contributed by atoms with Gasteiger partial charge in [0.15, 0.2) is 5.16 Å². The molecule has 1 aliphatic heterocycles. The normalized spacial score (nSPS) is 15.1. The van der Waals surface area contributed by atoms with Crippen molar-refractivity contribution in [3.8, 4) is 0 Å². The van der Waals surface area contributed by atoms with Gasteiger partial charge < -0.3 is 19.8 Å². The van der Waals surface area contributed by atoms with Gasteiger partial charge in [-0.2, -0.15) is 0 Å². The molecule has 1 aromatic heterocycles. The quantitative estimate of drug-likeness (QED) is 0.313. The number of thioether (sulfide) groups is 1. The molecule has 1 aromatic carbocycles. The number of carbonyl (C=O) groups excluding carboxylic acids is 2. The number of benzene rings is 1. The molecule has 30 heavy (non-hydrogen) atoms. The molecule has 2 N–H and O–H groups in total. The predicted octanol–water partition coefficient (Wildman–Crippen LogP) is 2.84. The molecule has 0 spiro atoms. The Kier molecular flexibility index (Phi) is 6.41. The Morgan fingerprint density at radius 3 is 2.47 bits per heavy atom. The number of fused-ring (bicyclic) bond motifs is 1. The van der Waals surface area contributed by atoms with Crippen molar-refractivity contribution >= 4 is 29.5 Å². The summed E-state index contributed by atoms with van der Waals surface area (Å²) in [7, 11) is 2.58. The molecule has 0 fully saturated rings. The van der Waals surface area contributed by atoms with Crippen molar-refractivity contribution in [1.29, 1.82) is 0 Å². The molecule has 9 heteroatoms. The molecule has 0 saturated heterocycles. The minimum Gasteiger partial charge on any atom is -0.466 e. The van der Waals surface area contributed by atoms with Crippen LogP contribution < -0.4 is 10.9 Å². The van der Waals surface area contributed by atoms with E-state index in [1.165, 1.54) is 26.0 Å². The summed E-state index contributed by atoms with van der Waals surface area (Å²) in [6, 6.07) is 6.54. The Labute approximate surface area is 177 Å². The smallest absolute Gasteiger partial charge is 0.337 e. The average molecular weight is 427 g/mol. The molecule has 0 aliphatic carbocycles. The number of hydrogen-bond donors (Lipinski definition) is 2. The topological polar surface area (TPSA) is 110 Å². The highest BCUT2D eigenvalue weighted by Crippen LogP contribution is 2.40. The Hall–Kier alpha value is -3.33. The van der Waals surface area contributed by atoms with Crippen LogP contribution in [0.25, 0.3) is 0 Å². The minimum atomic E-state index is -0.713. The third-order valence-corrected chi connectivity index (χ3v) is 5.50. The number of ether oxygens (including phenoxy) is 2. The first-order valence-electron chi connectivity index (χ1n) is 9.03. The number of aromatic amines is 1. The largest absolute Gasteiger partial charge is 0.466 e. The highest BCUT2D eigenvalue weighted by molar-refractivity contribution is 7.99. The zero-order valence-electron chi connectivity index (χ0n) is 16.8. The van der Waals surface area contributed by atoms with Gasteiger partial charge in [-0.25, -0.2) is 14.6 Å². The SMILES string of the molecule is C=CCSc1nc2c(c(=O)[nH]1)[C@H](c1ccc(C(=O)OC)cc1)C(C(=O)OC)=C(C)N2. The Balaban J connectivity index is 2.17. The van der Waals surface area contributed by atoms with Gasteiger partial charge in [-0.1, -0.05) is 30.0 Å². The van der Waals surface area contributed by atoms with Crippen molar-refractivity contribution in [2.45, 2.75) is 18.0 Å². The van der Waals surface area contributed by atoms with Gasteiger partial charge >= 0.3 is 11.9 Å². The average Bonchev–Trinajstić information content (AvgIpc) is 2.75. The van der Waals surface area contributed by atoms with E-state index in [1.807, 2.05) is 0 Å².